The van der Waals surface area contributed by atoms with Gasteiger partial charge in [-0.3, -0.25) is 4.79 Å². The maximum Gasteiger partial charge on any atom is 0.272 e. The maximum absolute atomic E-state index is 11.9. The number of aromatic nitrogens is 1. The number of carbonyl (C=O) groups is 1. The van der Waals surface area contributed by atoms with Crippen molar-refractivity contribution in [3.05, 3.63) is 46.7 Å². The molecule has 0 aliphatic heterocycles. The van der Waals surface area contributed by atoms with Crippen LogP contribution in [0.25, 0.3) is 0 Å². The van der Waals surface area contributed by atoms with E-state index in [1.54, 1.807) is 24.4 Å². The largest absolute Gasteiger partial charge is 0.356 e. The highest BCUT2D eigenvalue weighted by Gasteiger charge is 2.11. The summed E-state index contributed by atoms with van der Waals surface area (Å²) < 4.78 is 23.6. The Bertz CT molecular complexity index is 722. The first-order valence-corrected chi connectivity index (χ1v) is 8.00. The molecule has 1 heterocycles. The Kier molecular flexibility index (Phi) is 3.77. The van der Waals surface area contributed by atoms with E-state index in [1.807, 2.05) is 0 Å². The Morgan fingerprint density at radius 2 is 2.05 bits per heavy atom. The highest BCUT2D eigenvalue weighted by atomic mass is 79.9. The van der Waals surface area contributed by atoms with Gasteiger partial charge in [0.2, 0.25) is 0 Å². The summed E-state index contributed by atoms with van der Waals surface area (Å²) in [5.41, 5.74) is 0.815. The third-order valence-electron chi connectivity index (χ3n) is 2.41. The van der Waals surface area contributed by atoms with Crippen molar-refractivity contribution in [3.63, 3.8) is 0 Å². The van der Waals surface area contributed by atoms with Gasteiger partial charge in [0.05, 0.1) is 4.90 Å². The fourth-order valence-corrected chi connectivity index (χ4v) is 2.51. The first-order valence-electron chi connectivity index (χ1n) is 5.31. The summed E-state index contributed by atoms with van der Waals surface area (Å²) in [5, 5.41) is 2.63. The molecule has 2 rings (SSSR count). The minimum Gasteiger partial charge on any atom is -0.356 e. The van der Waals surface area contributed by atoms with Gasteiger partial charge in [-0.05, 0) is 40.2 Å². The molecule has 0 unspecified atom stereocenters. The second-order valence-corrected chi connectivity index (χ2v) is 6.92. The zero-order chi connectivity index (χ0) is 14.0. The van der Waals surface area contributed by atoms with Gasteiger partial charge < -0.3 is 10.3 Å². The van der Waals surface area contributed by atoms with Gasteiger partial charge >= 0.3 is 0 Å². The van der Waals surface area contributed by atoms with Crippen molar-refractivity contribution < 1.29 is 13.2 Å². The summed E-state index contributed by atoms with van der Waals surface area (Å²) in [6, 6.07) is 7.75. The SMILES string of the molecule is CS(=O)(=O)c1cccc(NC(=O)c2cc(Br)c[nH]2)c1. The van der Waals surface area contributed by atoms with E-state index in [-0.39, 0.29) is 10.8 Å². The molecule has 2 aromatic rings. The first-order chi connectivity index (χ1) is 8.86. The van der Waals surface area contributed by atoms with E-state index < -0.39 is 9.84 Å². The van der Waals surface area contributed by atoms with Gasteiger partial charge in [0.15, 0.2) is 9.84 Å². The van der Waals surface area contributed by atoms with E-state index in [0.29, 0.717) is 11.4 Å². The molecule has 0 radical (unpaired) electrons. The van der Waals surface area contributed by atoms with Crippen molar-refractivity contribution in [2.45, 2.75) is 4.90 Å². The van der Waals surface area contributed by atoms with Crippen molar-refractivity contribution >= 4 is 37.4 Å². The van der Waals surface area contributed by atoms with Gasteiger partial charge in [0, 0.05) is 22.6 Å². The molecule has 0 saturated heterocycles. The Morgan fingerprint density at radius 1 is 1.32 bits per heavy atom. The zero-order valence-electron chi connectivity index (χ0n) is 9.98. The van der Waals surface area contributed by atoms with Crippen LogP contribution < -0.4 is 5.32 Å². The van der Waals surface area contributed by atoms with Crippen molar-refractivity contribution in [1.82, 2.24) is 4.98 Å². The lowest BCUT2D eigenvalue weighted by Gasteiger charge is -2.05. The topological polar surface area (TPSA) is 79.0 Å². The van der Waals surface area contributed by atoms with Crippen LogP contribution in [0.15, 0.2) is 45.9 Å². The molecule has 1 amide bonds. The van der Waals surface area contributed by atoms with Crippen molar-refractivity contribution in [1.29, 1.82) is 0 Å². The molecular formula is C12H11BrN2O3S. The van der Waals surface area contributed by atoms with Crippen LogP contribution in [0.3, 0.4) is 0 Å². The summed E-state index contributed by atoms with van der Waals surface area (Å²) >= 11 is 3.23. The molecule has 7 heteroatoms. The molecule has 0 aliphatic carbocycles. The molecule has 19 heavy (non-hydrogen) atoms. The van der Waals surface area contributed by atoms with Crippen LogP contribution in [0.4, 0.5) is 5.69 Å². The molecule has 1 aromatic carbocycles. The number of hydrogen-bond acceptors (Lipinski definition) is 3. The number of amides is 1. The molecule has 0 aliphatic rings. The van der Waals surface area contributed by atoms with Gasteiger partial charge in [-0.15, -0.1) is 0 Å². The van der Waals surface area contributed by atoms with Crippen LogP contribution in [0.2, 0.25) is 0 Å². The van der Waals surface area contributed by atoms with Crippen LogP contribution in [-0.2, 0) is 9.84 Å². The molecule has 1 aromatic heterocycles. The quantitative estimate of drug-likeness (QED) is 0.898. The number of benzene rings is 1. The van der Waals surface area contributed by atoms with Gasteiger partial charge in [-0.1, -0.05) is 6.07 Å². The third-order valence-corrected chi connectivity index (χ3v) is 3.98. The number of rotatable bonds is 3. The second-order valence-electron chi connectivity index (χ2n) is 3.99. The van der Waals surface area contributed by atoms with Gasteiger partial charge in [-0.25, -0.2) is 8.42 Å². The summed E-state index contributed by atoms with van der Waals surface area (Å²) in [5.74, 6) is -0.337. The molecule has 5 nitrogen and oxygen atoms in total. The van der Waals surface area contributed by atoms with Gasteiger partial charge in [0.25, 0.3) is 5.91 Å². The average Bonchev–Trinajstić information content (AvgIpc) is 2.75. The molecule has 0 saturated carbocycles. The van der Waals surface area contributed by atoms with E-state index in [4.69, 9.17) is 0 Å². The third kappa shape index (κ3) is 3.45. The molecule has 0 atom stereocenters. The molecule has 2 N–H and O–H groups in total. The van der Waals surface area contributed by atoms with Crippen LogP contribution in [0.5, 0.6) is 0 Å². The van der Waals surface area contributed by atoms with Gasteiger partial charge in [0.1, 0.15) is 5.69 Å². The second kappa shape index (κ2) is 5.18. The predicted molar refractivity (Wildman–Crippen MR) is 76.0 cm³/mol. The van der Waals surface area contributed by atoms with Crippen LogP contribution >= 0.6 is 15.9 Å². The van der Waals surface area contributed by atoms with E-state index in [0.717, 1.165) is 10.7 Å². The van der Waals surface area contributed by atoms with Crippen molar-refractivity contribution in [2.75, 3.05) is 11.6 Å². The monoisotopic (exact) mass is 342 g/mol. The molecule has 0 spiro atoms. The van der Waals surface area contributed by atoms with E-state index in [1.165, 1.54) is 12.1 Å². The lowest BCUT2D eigenvalue weighted by molar-refractivity contribution is 0.102. The Labute approximate surface area is 119 Å². The number of anilines is 1. The molecule has 100 valence electrons. The van der Waals surface area contributed by atoms with Crippen molar-refractivity contribution in [3.8, 4) is 0 Å². The highest BCUT2D eigenvalue weighted by Crippen LogP contribution is 2.17. The smallest absolute Gasteiger partial charge is 0.272 e. The van der Waals surface area contributed by atoms with E-state index in [2.05, 4.69) is 26.2 Å². The molecule has 0 bridgehead atoms. The number of sulfone groups is 1. The Hall–Kier alpha value is -1.60. The normalized spacial score (nSPS) is 11.3. The molecular weight excluding hydrogens is 332 g/mol. The minimum atomic E-state index is -3.29. The van der Waals surface area contributed by atoms with E-state index >= 15 is 0 Å². The lowest BCUT2D eigenvalue weighted by Crippen LogP contribution is -2.12. The zero-order valence-corrected chi connectivity index (χ0v) is 12.4. The summed E-state index contributed by atoms with van der Waals surface area (Å²) in [4.78, 5) is 14.8. The van der Waals surface area contributed by atoms with E-state index in [9.17, 15) is 13.2 Å². The number of nitrogens with one attached hydrogen (secondary N) is 2. The first kappa shape index (κ1) is 13.8. The number of aromatic amines is 1. The summed E-state index contributed by atoms with van der Waals surface area (Å²) in [6.07, 6.45) is 2.76. The summed E-state index contributed by atoms with van der Waals surface area (Å²) in [6.45, 7) is 0. The molecule has 0 fully saturated rings. The van der Waals surface area contributed by atoms with Crippen LogP contribution in [-0.4, -0.2) is 25.6 Å². The van der Waals surface area contributed by atoms with Crippen molar-refractivity contribution in [2.24, 2.45) is 0 Å². The Balaban J connectivity index is 2.22. The number of hydrogen-bond donors (Lipinski definition) is 2. The summed E-state index contributed by atoms with van der Waals surface area (Å²) in [7, 11) is -3.29. The minimum absolute atomic E-state index is 0.165. The maximum atomic E-state index is 11.9. The van der Waals surface area contributed by atoms with Gasteiger partial charge in [-0.2, -0.15) is 0 Å². The van der Waals surface area contributed by atoms with Crippen LogP contribution in [0, 0.1) is 0 Å². The number of H-pyrrole nitrogens is 1. The predicted octanol–water partition coefficient (Wildman–Crippen LogP) is 2.43. The standard InChI is InChI=1S/C12H11BrN2O3S/c1-19(17,18)10-4-2-3-9(6-10)15-12(16)11-5-8(13)7-14-11/h2-7,14H,1H3,(H,15,16). The fraction of sp³-hybridized carbons (Fsp3) is 0.0833. The Morgan fingerprint density at radius 3 is 2.63 bits per heavy atom. The number of carbonyl (C=O) groups excluding carboxylic acids is 1. The average molecular weight is 343 g/mol. The van der Waals surface area contributed by atoms with Crippen LogP contribution in [0.1, 0.15) is 10.5 Å². The number of halogens is 1. The fourth-order valence-electron chi connectivity index (χ4n) is 1.50. The highest BCUT2D eigenvalue weighted by molar-refractivity contribution is 9.10. The lowest BCUT2D eigenvalue weighted by atomic mass is 10.3.